The summed E-state index contributed by atoms with van der Waals surface area (Å²) in [4.78, 5) is 18.0. The molecule has 3 aliphatic rings. The number of halogens is 1. The molecule has 1 aromatic rings. The van der Waals surface area contributed by atoms with E-state index in [2.05, 4.69) is 15.1 Å². The highest BCUT2D eigenvalue weighted by Gasteiger charge is 2.51. The van der Waals surface area contributed by atoms with E-state index < -0.39 is 0 Å². The van der Waals surface area contributed by atoms with Gasteiger partial charge in [0.05, 0.1) is 5.41 Å². The number of carbonyl (C=O) groups is 1. The largest absolute Gasteiger partial charge is 0.341 e. The molecule has 26 heavy (non-hydrogen) atoms. The van der Waals surface area contributed by atoms with Gasteiger partial charge < -0.3 is 10.2 Å². The van der Waals surface area contributed by atoms with Crippen LogP contribution in [0.15, 0.2) is 24.3 Å². The van der Waals surface area contributed by atoms with Crippen LogP contribution in [0.5, 0.6) is 0 Å². The average molecular weight is 359 g/mol. The highest BCUT2D eigenvalue weighted by atomic mass is 19.1. The summed E-state index contributed by atoms with van der Waals surface area (Å²) in [7, 11) is 0. The SMILES string of the molecule is O=C(N1CCCN(Cc2ccc(F)cc2)CC1)[C@@]12CCCC[C@H]1CNC2. The van der Waals surface area contributed by atoms with Crippen LogP contribution in [0.1, 0.15) is 37.7 Å². The molecule has 0 unspecified atom stereocenters. The molecule has 1 saturated carbocycles. The third-order valence-corrected chi connectivity index (χ3v) is 6.66. The van der Waals surface area contributed by atoms with Gasteiger partial charge in [-0.15, -0.1) is 0 Å². The van der Waals surface area contributed by atoms with Gasteiger partial charge in [0.1, 0.15) is 5.82 Å². The van der Waals surface area contributed by atoms with Crippen molar-refractivity contribution in [3.8, 4) is 0 Å². The van der Waals surface area contributed by atoms with Crippen LogP contribution in [0.4, 0.5) is 4.39 Å². The van der Waals surface area contributed by atoms with E-state index in [1.807, 2.05) is 12.1 Å². The first-order valence-electron chi connectivity index (χ1n) is 10.1. The first-order chi connectivity index (χ1) is 12.7. The van der Waals surface area contributed by atoms with Crippen molar-refractivity contribution in [2.75, 3.05) is 39.3 Å². The predicted molar refractivity (Wildman–Crippen MR) is 100 cm³/mol. The van der Waals surface area contributed by atoms with Crippen molar-refractivity contribution in [3.05, 3.63) is 35.6 Å². The molecule has 1 aromatic carbocycles. The second kappa shape index (κ2) is 7.65. The lowest BCUT2D eigenvalue weighted by Crippen LogP contribution is -2.50. The third kappa shape index (κ3) is 3.52. The van der Waals surface area contributed by atoms with Gasteiger partial charge in [0.2, 0.25) is 5.91 Å². The number of hydrogen-bond acceptors (Lipinski definition) is 3. The average Bonchev–Trinajstić information content (AvgIpc) is 2.97. The molecule has 0 bridgehead atoms. The number of nitrogens with one attached hydrogen (secondary N) is 1. The molecule has 142 valence electrons. The number of carbonyl (C=O) groups excluding carboxylic acids is 1. The van der Waals surface area contributed by atoms with Gasteiger partial charge in [-0.05, 0) is 49.4 Å². The summed E-state index contributed by atoms with van der Waals surface area (Å²) in [5.41, 5.74) is 1.00. The molecule has 2 atom stereocenters. The van der Waals surface area contributed by atoms with E-state index >= 15 is 0 Å². The van der Waals surface area contributed by atoms with Gasteiger partial charge in [-0.3, -0.25) is 9.69 Å². The minimum Gasteiger partial charge on any atom is -0.341 e. The summed E-state index contributed by atoms with van der Waals surface area (Å²) in [6.45, 7) is 6.29. The molecule has 1 amide bonds. The minimum atomic E-state index is -0.187. The van der Waals surface area contributed by atoms with Crippen LogP contribution in [0, 0.1) is 17.2 Å². The topological polar surface area (TPSA) is 35.6 Å². The first kappa shape index (κ1) is 17.9. The molecule has 2 saturated heterocycles. The molecule has 4 rings (SSSR count). The Labute approximate surface area is 155 Å². The summed E-state index contributed by atoms with van der Waals surface area (Å²) in [6, 6.07) is 6.77. The smallest absolute Gasteiger partial charge is 0.230 e. The predicted octanol–water partition coefficient (Wildman–Crippen LogP) is 2.64. The summed E-state index contributed by atoms with van der Waals surface area (Å²) in [5, 5.41) is 3.50. The van der Waals surface area contributed by atoms with Crippen molar-refractivity contribution in [2.24, 2.45) is 11.3 Å². The highest BCUT2D eigenvalue weighted by Crippen LogP contribution is 2.45. The molecule has 1 N–H and O–H groups in total. The first-order valence-corrected chi connectivity index (χ1v) is 10.1. The maximum Gasteiger partial charge on any atom is 0.230 e. The summed E-state index contributed by atoms with van der Waals surface area (Å²) >= 11 is 0. The van der Waals surface area contributed by atoms with Gasteiger partial charge in [0.25, 0.3) is 0 Å². The molecule has 2 aliphatic heterocycles. The van der Waals surface area contributed by atoms with Crippen LogP contribution in [0.25, 0.3) is 0 Å². The Kier molecular flexibility index (Phi) is 5.28. The maximum atomic E-state index is 13.4. The lowest BCUT2D eigenvalue weighted by molar-refractivity contribution is -0.145. The fraction of sp³-hybridized carbons (Fsp3) is 0.667. The van der Waals surface area contributed by atoms with E-state index in [1.165, 1.54) is 31.4 Å². The lowest BCUT2D eigenvalue weighted by atomic mass is 9.67. The zero-order valence-electron chi connectivity index (χ0n) is 15.6. The summed E-state index contributed by atoms with van der Waals surface area (Å²) < 4.78 is 13.1. The van der Waals surface area contributed by atoms with Gasteiger partial charge in [0.15, 0.2) is 0 Å². The standard InChI is InChI=1S/C21H30FN3O/c22-19-7-5-17(6-8-19)15-24-10-3-11-25(13-12-24)20(26)21-9-2-1-4-18(21)14-23-16-21/h5-8,18,23H,1-4,9-16H2/t18-,21+/m0/s1. The van der Waals surface area contributed by atoms with E-state index in [0.717, 1.165) is 64.2 Å². The maximum absolute atomic E-state index is 13.4. The quantitative estimate of drug-likeness (QED) is 0.901. The van der Waals surface area contributed by atoms with E-state index in [9.17, 15) is 9.18 Å². The molecule has 0 radical (unpaired) electrons. The monoisotopic (exact) mass is 359 g/mol. The Hall–Kier alpha value is -1.46. The fourth-order valence-corrected chi connectivity index (χ4v) is 5.16. The molecule has 5 heteroatoms. The van der Waals surface area contributed by atoms with E-state index in [4.69, 9.17) is 0 Å². The fourth-order valence-electron chi connectivity index (χ4n) is 5.16. The van der Waals surface area contributed by atoms with Crippen LogP contribution < -0.4 is 5.32 Å². The van der Waals surface area contributed by atoms with Crippen LogP contribution in [-0.2, 0) is 11.3 Å². The Morgan fingerprint density at radius 1 is 1.12 bits per heavy atom. The van der Waals surface area contributed by atoms with Crippen molar-refractivity contribution < 1.29 is 9.18 Å². The molecule has 0 aromatic heterocycles. The zero-order chi connectivity index (χ0) is 18.0. The Morgan fingerprint density at radius 3 is 2.81 bits per heavy atom. The van der Waals surface area contributed by atoms with Gasteiger partial charge in [-0.1, -0.05) is 25.0 Å². The molecule has 2 heterocycles. The number of fused-ring (bicyclic) bond motifs is 1. The number of nitrogens with zero attached hydrogens (tertiary/aromatic N) is 2. The molecule has 0 spiro atoms. The van der Waals surface area contributed by atoms with Gasteiger partial charge >= 0.3 is 0 Å². The van der Waals surface area contributed by atoms with Crippen molar-refractivity contribution in [3.63, 3.8) is 0 Å². The van der Waals surface area contributed by atoms with Crippen LogP contribution >= 0.6 is 0 Å². The number of rotatable bonds is 3. The summed E-state index contributed by atoms with van der Waals surface area (Å²) in [6.07, 6.45) is 5.73. The van der Waals surface area contributed by atoms with E-state index in [1.54, 1.807) is 0 Å². The second-order valence-electron chi connectivity index (χ2n) is 8.28. The van der Waals surface area contributed by atoms with Crippen LogP contribution in [0.2, 0.25) is 0 Å². The number of amides is 1. The van der Waals surface area contributed by atoms with Crippen molar-refractivity contribution in [1.82, 2.24) is 15.1 Å². The highest BCUT2D eigenvalue weighted by molar-refractivity contribution is 5.84. The molecule has 4 nitrogen and oxygen atoms in total. The zero-order valence-corrected chi connectivity index (χ0v) is 15.6. The third-order valence-electron chi connectivity index (χ3n) is 6.66. The molecular formula is C21H30FN3O. The second-order valence-corrected chi connectivity index (χ2v) is 8.28. The Bertz CT molecular complexity index is 635. The lowest BCUT2D eigenvalue weighted by Gasteiger charge is -2.40. The van der Waals surface area contributed by atoms with Gasteiger partial charge in [-0.2, -0.15) is 0 Å². The molecule has 1 aliphatic carbocycles. The normalized spacial score (nSPS) is 30.0. The minimum absolute atomic E-state index is 0.135. The Morgan fingerprint density at radius 2 is 1.96 bits per heavy atom. The van der Waals surface area contributed by atoms with Crippen LogP contribution in [0.3, 0.4) is 0 Å². The molecule has 3 fully saturated rings. The number of hydrogen-bond donors (Lipinski definition) is 1. The summed E-state index contributed by atoms with van der Waals surface area (Å²) in [5.74, 6) is 0.742. The van der Waals surface area contributed by atoms with Crippen LogP contribution in [-0.4, -0.2) is 55.0 Å². The van der Waals surface area contributed by atoms with Crippen molar-refractivity contribution in [1.29, 1.82) is 0 Å². The van der Waals surface area contributed by atoms with Crippen molar-refractivity contribution in [2.45, 2.75) is 38.6 Å². The Balaban J connectivity index is 1.38. The molecular weight excluding hydrogens is 329 g/mol. The van der Waals surface area contributed by atoms with Gasteiger partial charge in [0, 0.05) is 39.3 Å². The van der Waals surface area contributed by atoms with Crippen molar-refractivity contribution >= 4 is 5.91 Å². The number of benzene rings is 1. The van der Waals surface area contributed by atoms with E-state index in [-0.39, 0.29) is 11.2 Å². The van der Waals surface area contributed by atoms with Gasteiger partial charge in [-0.25, -0.2) is 4.39 Å². The van der Waals surface area contributed by atoms with E-state index in [0.29, 0.717) is 11.8 Å².